The summed E-state index contributed by atoms with van der Waals surface area (Å²) in [5.74, 6) is 0.905. The first kappa shape index (κ1) is 31.4. The molecule has 0 radical (unpaired) electrons. The summed E-state index contributed by atoms with van der Waals surface area (Å²) < 4.78 is 28.0. The molecular weight excluding hydrogens is 532 g/mol. The van der Waals surface area contributed by atoms with E-state index < -0.39 is 23.8 Å². The third kappa shape index (κ3) is 8.48. The molecule has 3 N–H and O–H groups in total. The van der Waals surface area contributed by atoms with Gasteiger partial charge < -0.3 is 20.6 Å². The molecule has 1 saturated carbocycles. The van der Waals surface area contributed by atoms with Gasteiger partial charge in [-0.1, -0.05) is 43.0 Å². The number of halogens is 2. The Bertz CT molecular complexity index is 1410. The van der Waals surface area contributed by atoms with Crippen molar-refractivity contribution >= 4 is 5.91 Å². The number of hydrogen-bond donors (Lipinski definition) is 3. The van der Waals surface area contributed by atoms with Gasteiger partial charge in [-0.25, -0.2) is 8.78 Å². The Hall–Kier alpha value is -3.57. The summed E-state index contributed by atoms with van der Waals surface area (Å²) in [6.45, 7) is 5.95. The minimum absolute atomic E-state index is 0.0568. The Morgan fingerprint density at radius 3 is 2.50 bits per heavy atom. The molecule has 0 bridgehead atoms. The molecule has 0 spiro atoms. The molecule has 0 saturated heterocycles. The molecule has 1 aliphatic rings. The molecule has 0 aromatic heterocycles. The summed E-state index contributed by atoms with van der Waals surface area (Å²) in [4.78, 5) is 15.8. The quantitative estimate of drug-likeness (QED) is 0.224. The lowest BCUT2D eigenvalue weighted by molar-refractivity contribution is 0.0821. The van der Waals surface area contributed by atoms with Crippen LogP contribution < -0.4 is 10.6 Å². The van der Waals surface area contributed by atoms with Crippen LogP contribution in [0.1, 0.15) is 70.8 Å². The largest absolute Gasteiger partial charge is 0.390 e. The van der Waals surface area contributed by atoms with E-state index in [2.05, 4.69) is 41.5 Å². The molecule has 222 valence electrons. The number of terminal acetylenes is 1. The van der Waals surface area contributed by atoms with Crippen molar-refractivity contribution in [2.75, 3.05) is 20.1 Å². The fraction of sp³-hybridized carbons (Fsp3) is 0.400. The van der Waals surface area contributed by atoms with Crippen LogP contribution in [0.25, 0.3) is 0 Å². The summed E-state index contributed by atoms with van der Waals surface area (Å²) in [6, 6.07) is 16.0. The number of benzene rings is 3. The summed E-state index contributed by atoms with van der Waals surface area (Å²) in [5.41, 5.74) is 4.34. The van der Waals surface area contributed by atoms with Gasteiger partial charge in [-0.2, -0.15) is 0 Å². The highest BCUT2D eigenvalue weighted by molar-refractivity contribution is 5.94. The summed E-state index contributed by atoms with van der Waals surface area (Å²) in [5, 5.41) is 17.8. The van der Waals surface area contributed by atoms with E-state index in [0.29, 0.717) is 17.7 Å². The molecular formula is C35H41F2N3O2. The maximum Gasteiger partial charge on any atom is 0.251 e. The maximum atomic E-state index is 14.0. The molecule has 3 aromatic carbocycles. The van der Waals surface area contributed by atoms with E-state index >= 15 is 0 Å². The van der Waals surface area contributed by atoms with Crippen molar-refractivity contribution in [3.8, 4) is 12.3 Å². The van der Waals surface area contributed by atoms with Crippen LogP contribution in [0.2, 0.25) is 0 Å². The van der Waals surface area contributed by atoms with Crippen LogP contribution in [-0.2, 0) is 18.5 Å². The van der Waals surface area contributed by atoms with E-state index in [-0.39, 0.29) is 24.4 Å². The topological polar surface area (TPSA) is 64.6 Å². The van der Waals surface area contributed by atoms with Crippen molar-refractivity contribution < 1.29 is 18.7 Å². The van der Waals surface area contributed by atoms with Crippen LogP contribution in [0.3, 0.4) is 0 Å². The van der Waals surface area contributed by atoms with Crippen LogP contribution >= 0.6 is 0 Å². The fourth-order valence-electron chi connectivity index (χ4n) is 5.46. The zero-order valence-corrected chi connectivity index (χ0v) is 24.7. The Kier molecular flexibility index (Phi) is 10.5. The number of hydrogen-bond acceptors (Lipinski definition) is 4. The zero-order chi connectivity index (χ0) is 30.3. The van der Waals surface area contributed by atoms with E-state index in [1.807, 2.05) is 43.3 Å². The van der Waals surface area contributed by atoms with Gasteiger partial charge in [-0.15, -0.1) is 6.42 Å². The molecule has 1 fully saturated rings. The predicted molar refractivity (Wildman–Crippen MR) is 163 cm³/mol. The van der Waals surface area contributed by atoms with E-state index in [0.717, 1.165) is 60.5 Å². The van der Waals surface area contributed by atoms with Crippen LogP contribution in [0.5, 0.6) is 0 Å². The minimum atomic E-state index is -1.03. The smallest absolute Gasteiger partial charge is 0.251 e. The van der Waals surface area contributed by atoms with Crippen LogP contribution in [-0.4, -0.2) is 48.2 Å². The number of aliphatic hydroxyl groups excluding tert-OH is 1. The van der Waals surface area contributed by atoms with E-state index in [4.69, 9.17) is 6.42 Å². The SMILES string of the molecule is C#Cc1cccc(C2(NCC(O)C(Cc3cc(F)cc(F)c3)NC(=O)c3cc(C)cc(CN(C)CCCC)c3)CC2)c1. The molecule has 1 aliphatic carbocycles. The summed E-state index contributed by atoms with van der Waals surface area (Å²) >= 11 is 0. The maximum absolute atomic E-state index is 14.0. The molecule has 2 unspecified atom stereocenters. The molecule has 5 nitrogen and oxygen atoms in total. The van der Waals surface area contributed by atoms with Gasteiger partial charge in [0.15, 0.2) is 0 Å². The van der Waals surface area contributed by atoms with Crippen molar-refractivity contribution in [2.45, 2.75) is 70.2 Å². The Morgan fingerprint density at radius 1 is 1.10 bits per heavy atom. The van der Waals surface area contributed by atoms with Gasteiger partial charge >= 0.3 is 0 Å². The average Bonchev–Trinajstić information content (AvgIpc) is 3.75. The Morgan fingerprint density at radius 2 is 1.83 bits per heavy atom. The van der Waals surface area contributed by atoms with E-state index in [1.165, 1.54) is 12.1 Å². The average molecular weight is 574 g/mol. The Balaban J connectivity index is 1.52. The molecule has 1 amide bonds. The molecule has 3 aromatic rings. The van der Waals surface area contributed by atoms with Gasteiger partial charge in [0.25, 0.3) is 5.91 Å². The minimum Gasteiger partial charge on any atom is -0.390 e. The van der Waals surface area contributed by atoms with Crippen molar-refractivity contribution in [1.82, 2.24) is 15.5 Å². The number of nitrogens with zero attached hydrogens (tertiary/aromatic N) is 1. The van der Waals surface area contributed by atoms with Gasteiger partial charge in [0.2, 0.25) is 0 Å². The molecule has 0 heterocycles. The molecule has 4 rings (SSSR count). The number of aryl methyl sites for hydroxylation is 1. The normalized spacial score (nSPS) is 15.2. The lowest BCUT2D eigenvalue weighted by atomic mass is 9.98. The summed E-state index contributed by atoms with van der Waals surface area (Å²) in [6.07, 6.45) is 8.60. The summed E-state index contributed by atoms with van der Waals surface area (Å²) in [7, 11) is 2.06. The van der Waals surface area contributed by atoms with Gasteiger partial charge in [0, 0.05) is 35.8 Å². The number of unbranched alkanes of at least 4 members (excludes halogenated alkanes) is 1. The number of carbonyl (C=O) groups excluding carboxylic acids is 1. The van der Waals surface area contributed by atoms with Gasteiger partial charge in [0.1, 0.15) is 11.6 Å². The standard InChI is InChI=1S/C35H41F2N3O2/c1-5-7-13-40(4)23-27-14-24(3)15-28(16-27)34(42)39-32(20-26-18-30(36)21-31(37)19-26)33(41)22-38-35(11-12-35)29-10-8-9-25(6-2)17-29/h2,8-10,14-19,21,32-33,38,41H,5,7,11-13,20,22-23H2,1,3-4H3,(H,39,42). The third-order valence-corrected chi connectivity index (χ3v) is 7.89. The van der Waals surface area contributed by atoms with Crippen molar-refractivity contribution in [2.24, 2.45) is 0 Å². The van der Waals surface area contributed by atoms with Crippen molar-refractivity contribution in [3.63, 3.8) is 0 Å². The Labute approximate surface area is 248 Å². The van der Waals surface area contributed by atoms with Gasteiger partial charge in [0.05, 0.1) is 12.1 Å². The number of aliphatic hydroxyl groups is 1. The second-order valence-corrected chi connectivity index (χ2v) is 11.6. The molecule has 42 heavy (non-hydrogen) atoms. The first-order valence-corrected chi connectivity index (χ1v) is 14.7. The van der Waals surface area contributed by atoms with Gasteiger partial charge in [-0.05, 0) is 99.3 Å². The van der Waals surface area contributed by atoms with Gasteiger partial charge in [-0.3, -0.25) is 4.79 Å². The highest BCUT2D eigenvalue weighted by Crippen LogP contribution is 2.45. The second kappa shape index (κ2) is 14.1. The van der Waals surface area contributed by atoms with Crippen LogP contribution in [0, 0.1) is 30.9 Å². The van der Waals surface area contributed by atoms with E-state index in [9.17, 15) is 18.7 Å². The first-order valence-electron chi connectivity index (χ1n) is 14.7. The van der Waals surface area contributed by atoms with Crippen LogP contribution in [0.4, 0.5) is 8.78 Å². The number of carbonyl (C=O) groups is 1. The number of nitrogens with one attached hydrogen (secondary N) is 2. The lowest BCUT2D eigenvalue weighted by Gasteiger charge is -2.27. The molecule has 7 heteroatoms. The molecule has 2 atom stereocenters. The monoisotopic (exact) mass is 573 g/mol. The molecule has 0 aliphatic heterocycles. The number of amides is 1. The highest BCUT2D eigenvalue weighted by atomic mass is 19.1. The number of rotatable bonds is 14. The van der Waals surface area contributed by atoms with E-state index in [1.54, 1.807) is 0 Å². The van der Waals surface area contributed by atoms with Crippen LogP contribution in [0.15, 0.2) is 60.7 Å². The van der Waals surface area contributed by atoms with Crippen molar-refractivity contribution in [1.29, 1.82) is 0 Å². The third-order valence-electron chi connectivity index (χ3n) is 7.89. The van der Waals surface area contributed by atoms with Crippen molar-refractivity contribution in [3.05, 3.63) is 106 Å². The first-order chi connectivity index (χ1) is 20.1. The zero-order valence-electron chi connectivity index (χ0n) is 24.7. The lowest BCUT2D eigenvalue weighted by Crippen LogP contribution is -2.50. The highest BCUT2D eigenvalue weighted by Gasteiger charge is 2.44. The predicted octanol–water partition coefficient (Wildman–Crippen LogP) is 5.47. The second-order valence-electron chi connectivity index (χ2n) is 11.6. The fourth-order valence-corrected chi connectivity index (χ4v) is 5.46.